The van der Waals surface area contributed by atoms with Crippen molar-refractivity contribution in [2.24, 2.45) is 0 Å². The number of ketones is 1. The normalized spacial score (nSPS) is 11.6. The third-order valence-corrected chi connectivity index (χ3v) is 6.79. The van der Waals surface area contributed by atoms with Gasteiger partial charge in [0.25, 0.3) is 0 Å². The number of aliphatic carboxylic acids is 1. The van der Waals surface area contributed by atoms with E-state index in [2.05, 4.69) is 8.75 Å². The molecule has 0 amide bonds. The number of nitrogens with zero attached hydrogens (tertiary/aromatic N) is 2. The molecule has 4 aromatic carbocycles. The van der Waals surface area contributed by atoms with Crippen LogP contribution in [0.15, 0.2) is 103 Å². The van der Waals surface area contributed by atoms with Gasteiger partial charge in [-0.1, -0.05) is 48.5 Å². The van der Waals surface area contributed by atoms with Gasteiger partial charge in [-0.25, -0.2) is 4.79 Å². The van der Waals surface area contributed by atoms with Gasteiger partial charge in [-0.05, 0) is 65.2 Å². The Bertz CT molecular complexity index is 1640. The molecule has 0 fully saturated rings. The Labute approximate surface area is 229 Å². The highest BCUT2D eigenvalue weighted by atomic mass is 32.1. The average molecular weight is 537 g/mol. The Morgan fingerprint density at radius 1 is 0.769 bits per heavy atom. The van der Waals surface area contributed by atoms with E-state index < -0.39 is 5.97 Å². The number of carbonyl (C=O) groups excluding carboxylic acids is 1. The molecular formula is C31H24N2O5S. The van der Waals surface area contributed by atoms with Crippen molar-refractivity contribution >= 4 is 40.1 Å². The van der Waals surface area contributed by atoms with E-state index in [1.54, 1.807) is 49.6 Å². The Morgan fingerprint density at radius 2 is 1.44 bits per heavy atom. The predicted molar refractivity (Wildman–Crippen MR) is 150 cm³/mol. The molecule has 0 radical (unpaired) electrons. The standard InChI is InChI=1S/C31H24N2O5S/c1-37-24-14-9-22(10-15-24)30(34)26(29(31(35)36)23-11-16-27-28(18-23)33-39-32-27)17-20-7-12-25(13-8-20)38-19-21-5-3-2-4-6-21/h2-16,18H,17,19H2,1H3,(H,35,36). The van der Waals surface area contributed by atoms with Crippen molar-refractivity contribution < 1.29 is 24.2 Å². The Hall–Kier alpha value is -4.82. The second-order valence-corrected chi connectivity index (χ2v) is 9.31. The van der Waals surface area contributed by atoms with Gasteiger partial charge in [0.2, 0.25) is 0 Å². The molecule has 7 nitrogen and oxygen atoms in total. The summed E-state index contributed by atoms with van der Waals surface area (Å²) in [6.45, 7) is 0.429. The zero-order valence-corrected chi connectivity index (χ0v) is 21.9. The highest BCUT2D eigenvalue weighted by Gasteiger charge is 2.24. The maximum absolute atomic E-state index is 13.8. The first-order valence-electron chi connectivity index (χ1n) is 12.2. The zero-order chi connectivity index (χ0) is 27.2. The van der Waals surface area contributed by atoms with E-state index in [1.807, 2.05) is 54.6 Å². The van der Waals surface area contributed by atoms with Gasteiger partial charge >= 0.3 is 5.97 Å². The maximum Gasteiger partial charge on any atom is 0.336 e. The minimum atomic E-state index is -1.20. The summed E-state index contributed by atoms with van der Waals surface area (Å²) in [5, 5.41) is 10.3. The number of carbonyl (C=O) groups is 2. The molecule has 0 saturated carbocycles. The summed E-state index contributed by atoms with van der Waals surface area (Å²) in [7, 11) is 1.54. The Morgan fingerprint density at radius 3 is 2.13 bits per heavy atom. The van der Waals surface area contributed by atoms with Gasteiger partial charge in [-0.2, -0.15) is 8.75 Å². The lowest BCUT2D eigenvalue weighted by atomic mass is 9.89. The minimum Gasteiger partial charge on any atom is -0.497 e. The average Bonchev–Trinajstić information content (AvgIpc) is 3.45. The van der Waals surface area contributed by atoms with E-state index in [4.69, 9.17) is 9.47 Å². The predicted octanol–water partition coefficient (Wildman–Crippen LogP) is 6.24. The minimum absolute atomic E-state index is 0.0740. The number of benzene rings is 4. The monoisotopic (exact) mass is 536 g/mol. The second-order valence-electron chi connectivity index (χ2n) is 8.78. The number of Topliss-reactive ketones (excluding diaryl/α,β-unsaturated/α-hetero) is 1. The Balaban J connectivity index is 1.50. The zero-order valence-electron chi connectivity index (χ0n) is 21.0. The molecule has 8 heteroatoms. The first kappa shape index (κ1) is 25.8. The number of carboxylic acid groups (broad SMARTS) is 1. The molecule has 0 aliphatic carbocycles. The molecule has 0 atom stereocenters. The van der Waals surface area contributed by atoms with Gasteiger partial charge in [0.05, 0.1) is 24.4 Å². The highest BCUT2D eigenvalue weighted by molar-refractivity contribution is 7.00. The second kappa shape index (κ2) is 11.7. The quantitative estimate of drug-likeness (QED) is 0.167. The SMILES string of the molecule is COc1ccc(C(=O)C(Cc2ccc(OCc3ccccc3)cc2)=C(C(=O)O)c2ccc3nsnc3c2)cc1. The number of rotatable bonds is 10. The van der Waals surface area contributed by atoms with E-state index in [1.165, 1.54) is 0 Å². The van der Waals surface area contributed by atoms with Crippen LogP contribution in [-0.4, -0.2) is 32.7 Å². The van der Waals surface area contributed by atoms with E-state index in [-0.39, 0.29) is 23.4 Å². The van der Waals surface area contributed by atoms with Crippen molar-refractivity contribution in [2.75, 3.05) is 7.11 Å². The van der Waals surface area contributed by atoms with Crippen LogP contribution in [0.25, 0.3) is 16.6 Å². The lowest BCUT2D eigenvalue weighted by Gasteiger charge is -2.14. The number of carboxylic acids is 1. The third kappa shape index (κ3) is 6.02. The van der Waals surface area contributed by atoms with E-state index in [0.29, 0.717) is 40.3 Å². The molecule has 39 heavy (non-hydrogen) atoms. The van der Waals surface area contributed by atoms with Crippen LogP contribution < -0.4 is 9.47 Å². The molecule has 5 rings (SSSR count). The van der Waals surface area contributed by atoms with Crippen LogP contribution in [0, 0.1) is 0 Å². The van der Waals surface area contributed by atoms with Crippen LogP contribution in [0.5, 0.6) is 11.5 Å². The molecule has 1 heterocycles. The molecule has 0 bridgehead atoms. The summed E-state index contributed by atoms with van der Waals surface area (Å²) >= 11 is 1.05. The van der Waals surface area contributed by atoms with Crippen molar-refractivity contribution in [3.05, 3.63) is 125 Å². The maximum atomic E-state index is 13.8. The molecular weight excluding hydrogens is 512 g/mol. The summed E-state index contributed by atoms with van der Waals surface area (Å²) in [4.78, 5) is 26.4. The van der Waals surface area contributed by atoms with Crippen LogP contribution in [0.3, 0.4) is 0 Å². The van der Waals surface area contributed by atoms with Crippen molar-refractivity contribution in [1.29, 1.82) is 0 Å². The van der Waals surface area contributed by atoms with Gasteiger partial charge in [-0.3, -0.25) is 4.79 Å². The summed E-state index contributed by atoms with van der Waals surface area (Å²) in [5.74, 6) is -0.300. The molecule has 5 aromatic rings. The fourth-order valence-corrected chi connectivity index (χ4v) is 4.73. The summed E-state index contributed by atoms with van der Waals surface area (Å²) < 4.78 is 19.5. The van der Waals surface area contributed by atoms with E-state index >= 15 is 0 Å². The number of hydrogen-bond acceptors (Lipinski definition) is 7. The number of allylic oxidation sites excluding steroid dienone is 1. The number of fused-ring (bicyclic) bond motifs is 1. The lowest BCUT2D eigenvalue weighted by Crippen LogP contribution is -2.14. The summed E-state index contributed by atoms with van der Waals surface area (Å²) in [6, 6.07) is 28.8. The molecule has 0 aliphatic rings. The number of ether oxygens (including phenoxy) is 2. The molecule has 1 aromatic heterocycles. The van der Waals surface area contributed by atoms with Crippen LogP contribution in [0.4, 0.5) is 0 Å². The molecule has 0 unspecified atom stereocenters. The number of methoxy groups -OCH3 is 1. The van der Waals surface area contributed by atoms with E-state index in [9.17, 15) is 14.7 Å². The van der Waals surface area contributed by atoms with Crippen LogP contribution in [-0.2, 0) is 17.8 Å². The van der Waals surface area contributed by atoms with Crippen LogP contribution >= 0.6 is 11.7 Å². The lowest BCUT2D eigenvalue weighted by molar-refractivity contribution is -0.130. The molecule has 0 saturated heterocycles. The fraction of sp³-hybridized carbons (Fsp3) is 0.0968. The molecule has 1 N–H and O–H groups in total. The molecule has 0 spiro atoms. The van der Waals surface area contributed by atoms with Crippen molar-refractivity contribution in [1.82, 2.24) is 8.75 Å². The molecule has 194 valence electrons. The van der Waals surface area contributed by atoms with E-state index in [0.717, 1.165) is 22.9 Å². The fourth-order valence-electron chi connectivity index (χ4n) is 4.21. The Kier molecular flexibility index (Phi) is 7.75. The van der Waals surface area contributed by atoms with Gasteiger partial charge in [0.1, 0.15) is 29.1 Å². The van der Waals surface area contributed by atoms with Crippen molar-refractivity contribution in [2.45, 2.75) is 13.0 Å². The molecule has 0 aliphatic heterocycles. The summed E-state index contributed by atoms with van der Waals surface area (Å²) in [5.41, 5.74) is 3.91. The van der Waals surface area contributed by atoms with Crippen LogP contribution in [0.2, 0.25) is 0 Å². The largest absolute Gasteiger partial charge is 0.497 e. The van der Waals surface area contributed by atoms with Gasteiger partial charge in [-0.15, -0.1) is 0 Å². The summed E-state index contributed by atoms with van der Waals surface area (Å²) in [6.07, 6.45) is 0.110. The number of aromatic nitrogens is 2. The van der Waals surface area contributed by atoms with Gasteiger partial charge < -0.3 is 14.6 Å². The van der Waals surface area contributed by atoms with Crippen molar-refractivity contribution in [3.8, 4) is 11.5 Å². The smallest absolute Gasteiger partial charge is 0.336 e. The van der Waals surface area contributed by atoms with Gasteiger partial charge in [0, 0.05) is 17.6 Å². The van der Waals surface area contributed by atoms with Crippen LogP contribution in [0.1, 0.15) is 27.0 Å². The topological polar surface area (TPSA) is 98.6 Å². The first-order valence-corrected chi connectivity index (χ1v) is 12.9. The van der Waals surface area contributed by atoms with Crippen molar-refractivity contribution in [3.63, 3.8) is 0 Å². The third-order valence-electron chi connectivity index (χ3n) is 6.24. The van der Waals surface area contributed by atoms with Gasteiger partial charge in [0.15, 0.2) is 5.78 Å². The highest BCUT2D eigenvalue weighted by Crippen LogP contribution is 2.29. The number of hydrogen-bond donors (Lipinski definition) is 1. The first-order chi connectivity index (χ1) is 19.0.